The Kier molecular flexibility index (Phi) is 6.66. The molecule has 3 aliphatic heterocycles. The van der Waals surface area contributed by atoms with Crippen LogP contribution in [0.2, 0.25) is 0 Å². The Bertz CT molecular complexity index is 1250. The maximum Gasteiger partial charge on any atom is 0.308 e. The van der Waals surface area contributed by atoms with Crippen LogP contribution in [0.3, 0.4) is 0 Å². The molecule has 3 saturated heterocycles. The van der Waals surface area contributed by atoms with Crippen molar-refractivity contribution in [2.24, 2.45) is 11.8 Å². The van der Waals surface area contributed by atoms with E-state index in [2.05, 4.69) is 6.58 Å². The molecule has 7 nitrogen and oxygen atoms in total. The molecule has 2 N–H and O–H groups in total. The number of thioether (sulfide) groups is 1. The SMILES string of the molecule is C=CCN(C(=O)C1N([C@H](CO)c2ccccc2)C(=O)[C@@H]2[C@H](C(=O)O)[C@@H]3CCC12S3)c1cc(C)ccc1C. The lowest BCUT2D eigenvalue weighted by Gasteiger charge is -2.40. The predicted octanol–water partition coefficient (Wildman–Crippen LogP) is 3.73. The number of hydrogen-bond donors (Lipinski definition) is 2. The first-order valence-corrected chi connectivity index (χ1v) is 13.5. The molecule has 6 atom stereocenters. The number of fused-ring (bicyclic) bond motifs is 1. The summed E-state index contributed by atoms with van der Waals surface area (Å²) in [5.41, 5.74) is 3.36. The molecule has 0 aliphatic carbocycles. The highest BCUT2D eigenvalue weighted by Crippen LogP contribution is 2.67. The molecule has 2 aromatic rings. The number of carbonyl (C=O) groups excluding carboxylic acids is 2. The molecular weight excluding hydrogens is 488 g/mol. The molecule has 37 heavy (non-hydrogen) atoms. The second-order valence-electron chi connectivity index (χ2n) is 10.3. The first kappa shape index (κ1) is 25.5. The maximum absolute atomic E-state index is 14.7. The molecule has 2 amide bonds. The fourth-order valence-electron chi connectivity index (χ4n) is 6.61. The van der Waals surface area contributed by atoms with E-state index in [0.717, 1.165) is 16.8 Å². The van der Waals surface area contributed by atoms with Gasteiger partial charge in [-0.25, -0.2) is 0 Å². The normalized spacial score (nSPS) is 28.7. The second kappa shape index (κ2) is 9.65. The molecule has 0 aromatic heterocycles. The van der Waals surface area contributed by atoms with Crippen LogP contribution in [0.25, 0.3) is 0 Å². The van der Waals surface area contributed by atoms with Crippen molar-refractivity contribution in [3.05, 3.63) is 77.9 Å². The van der Waals surface area contributed by atoms with Crippen molar-refractivity contribution in [1.82, 2.24) is 4.90 Å². The zero-order chi connectivity index (χ0) is 26.5. The number of nitrogens with zero attached hydrogens (tertiary/aromatic N) is 2. The number of hydrogen-bond acceptors (Lipinski definition) is 5. The Labute approximate surface area is 221 Å². The van der Waals surface area contributed by atoms with Crippen molar-refractivity contribution >= 4 is 35.2 Å². The third-order valence-corrected chi connectivity index (χ3v) is 10.1. The summed E-state index contributed by atoms with van der Waals surface area (Å²) in [5.74, 6) is -3.29. The van der Waals surface area contributed by atoms with Gasteiger partial charge in [-0.2, -0.15) is 0 Å². The highest BCUT2D eigenvalue weighted by molar-refractivity contribution is 8.02. The average Bonchev–Trinajstić information content (AvgIpc) is 3.53. The number of carboxylic acid groups (broad SMARTS) is 1. The molecule has 0 saturated carbocycles. The minimum absolute atomic E-state index is 0.207. The molecular formula is C29H32N2O5S. The highest BCUT2D eigenvalue weighted by Gasteiger charge is 2.74. The lowest BCUT2D eigenvalue weighted by Crippen LogP contribution is -2.56. The van der Waals surface area contributed by atoms with Crippen LogP contribution in [0.1, 0.15) is 35.6 Å². The van der Waals surface area contributed by atoms with E-state index in [-0.39, 0.29) is 30.2 Å². The van der Waals surface area contributed by atoms with Crippen molar-refractivity contribution in [3.8, 4) is 0 Å². The van der Waals surface area contributed by atoms with Crippen LogP contribution in [-0.4, -0.2) is 62.1 Å². The number of likely N-dealkylation sites (tertiary alicyclic amines) is 1. The first-order chi connectivity index (χ1) is 17.7. The summed E-state index contributed by atoms with van der Waals surface area (Å²) in [7, 11) is 0. The van der Waals surface area contributed by atoms with Gasteiger partial charge in [0.2, 0.25) is 5.91 Å². The van der Waals surface area contributed by atoms with Crippen molar-refractivity contribution in [1.29, 1.82) is 0 Å². The van der Waals surface area contributed by atoms with E-state index in [1.54, 1.807) is 11.0 Å². The fourth-order valence-corrected chi connectivity index (χ4v) is 8.80. The van der Waals surface area contributed by atoms with Crippen LogP contribution in [0.5, 0.6) is 0 Å². The zero-order valence-corrected chi connectivity index (χ0v) is 21.9. The molecule has 5 rings (SSSR count). The van der Waals surface area contributed by atoms with Crippen molar-refractivity contribution in [2.45, 2.75) is 48.8 Å². The summed E-state index contributed by atoms with van der Waals surface area (Å²) < 4.78 is -0.860. The lowest BCUT2D eigenvalue weighted by molar-refractivity contribution is -0.149. The third-order valence-electron chi connectivity index (χ3n) is 8.18. The van der Waals surface area contributed by atoms with Gasteiger partial charge in [0, 0.05) is 17.5 Å². The monoisotopic (exact) mass is 520 g/mol. The molecule has 2 aromatic carbocycles. The molecule has 8 heteroatoms. The zero-order valence-electron chi connectivity index (χ0n) is 21.0. The maximum atomic E-state index is 14.7. The highest BCUT2D eigenvalue weighted by atomic mass is 32.2. The van der Waals surface area contributed by atoms with Crippen molar-refractivity contribution in [2.75, 3.05) is 18.1 Å². The van der Waals surface area contributed by atoms with Gasteiger partial charge in [-0.3, -0.25) is 14.4 Å². The number of aliphatic hydroxyl groups is 1. The first-order valence-electron chi connectivity index (χ1n) is 12.6. The summed E-state index contributed by atoms with van der Waals surface area (Å²) in [6.45, 7) is 7.64. The average molecular weight is 521 g/mol. The summed E-state index contributed by atoms with van der Waals surface area (Å²) >= 11 is 1.49. The van der Waals surface area contributed by atoms with Gasteiger partial charge >= 0.3 is 5.97 Å². The van der Waals surface area contributed by atoms with E-state index in [1.807, 2.05) is 62.4 Å². The molecule has 2 unspecified atom stereocenters. The topological polar surface area (TPSA) is 98.2 Å². The van der Waals surface area contributed by atoms with Crippen molar-refractivity contribution in [3.63, 3.8) is 0 Å². The van der Waals surface area contributed by atoms with Crippen LogP contribution in [0.15, 0.2) is 61.2 Å². The molecule has 3 fully saturated rings. The Hall–Kier alpha value is -3.10. The number of rotatable bonds is 8. The number of benzene rings is 2. The summed E-state index contributed by atoms with van der Waals surface area (Å²) in [6.07, 6.45) is 2.89. The Balaban J connectivity index is 1.67. The van der Waals surface area contributed by atoms with E-state index < -0.39 is 34.6 Å². The van der Waals surface area contributed by atoms with E-state index in [4.69, 9.17) is 0 Å². The van der Waals surface area contributed by atoms with E-state index in [9.17, 15) is 24.6 Å². The van der Waals surface area contributed by atoms with E-state index >= 15 is 0 Å². The van der Waals surface area contributed by atoms with Gasteiger partial charge in [0.25, 0.3) is 5.91 Å². The summed E-state index contributed by atoms with van der Waals surface area (Å²) in [4.78, 5) is 44.4. The van der Waals surface area contributed by atoms with Crippen LogP contribution >= 0.6 is 11.8 Å². The standard InChI is InChI=1S/C29H32N2O5S/c1-4-14-30(20-15-17(2)10-11-18(20)3)27(34)25-29-13-12-22(37-29)23(28(35)36)24(29)26(33)31(25)21(16-32)19-8-6-5-7-9-19/h4-11,15,21-25,32H,1,12-14,16H2,2-3H3,(H,35,36)/t21-,22+,23-,24+,25?,29?/m1/s1. The predicted molar refractivity (Wildman–Crippen MR) is 143 cm³/mol. The molecule has 3 heterocycles. The molecule has 3 aliphatic rings. The molecule has 194 valence electrons. The van der Waals surface area contributed by atoms with Crippen molar-refractivity contribution < 1.29 is 24.6 Å². The number of aryl methyl sites for hydroxylation is 2. The Morgan fingerprint density at radius 1 is 1.24 bits per heavy atom. The van der Waals surface area contributed by atoms with Gasteiger partial charge in [0.05, 0.1) is 29.2 Å². The number of carbonyl (C=O) groups is 3. The number of carboxylic acids is 1. The van der Waals surface area contributed by atoms with Gasteiger partial charge in [-0.1, -0.05) is 48.5 Å². The van der Waals surface area contributed by atoms with Crippen LogP contribution in [0, 0.1) is 25.7 Å². The van der Waals surface area contributed by atoms with Gasteiger partial charge in [-0.15, -0.1) is 18.3 Å². The van der Waals surface area contributed by atoms with Gasteiger partial charge < -0.3 is 20.0 Å². The van der Waals surface area contributed by atoms with Crippen LogP contribution < -0.4 is 4.90 Å². The Morgan fingerprint density at radius 2 is 1.97 bits per heavy atom. The Morgan fingerprint density at radius 3 is 2.62 bits per heavy atom. The van der Waals surface area contributed by atoms with Crippen LogP contribution in [-0.2, 0) is 14.4 Å². The number of amides is 2. The minimum atomic E-state index is -0.997. The number of aliphatic hydroxyl groups excluding tert-OH is 1. The van der Waals surface area contributed by atoms with Gasteiger partial charge in [0.1, 0.15) is 6.04 Å². The molecule has 2 bridgehead atoms. The number of anilines is 1. The second-order valence-corrected chi connectivity index (χ2v) is 11.9. The third kappa shape index (κ3) is 3.89. The fraction of sp³-hybridized carbons (Fsp3) is 0.414. The smallest absolute Gasteiger partial charge is 0.308 e. The van der Waals surface area contributed by atoms with Gasteiger partial charge in [0.15, 0.2) is 0 Å². The minimum Gasteiger partial charge on any atom is -0.481 e. The van der Waals surface area contributed by atoms with E-state index in [0.29, 0.717) is 18.4 Å². The summed E-state index contributed by atoms with van der Waals surface area (Å²) in [6, 6.07) is 13.4. The van der Waals surface area contributed by atoms with Crippen LogP contribution in [0.4, 0.5) is 5.69 Å². The lowest BCUT2D eigenvalue weighted by atomic mass is 9.71. The largest absolute Gasteiger partial charge is 0.481 e. The summed E-state index contributed by atoms with van der Waals surface area (Å²) in [5, 5.41) is 20.5. The molecule has 0 radical (unpaired) electrons. The quantitative estimate of drug-likeness (QED) is 0.515. The van der Waals surface area contributed by atoms with Gasteiger partial charge in [-0.05, 0) is 49.4 Å². The van der Waals surface area contributed by atoms with E-state index in [1.165, 1.54) is 16.7 Å². The molecule has 1 spiro atoms. The number of aliphatic carboxylic acids is 1.